The molecule has 3 aromatic rings. The van der Waals surface area contributed by atoms with Crippen molar-refractivity contribution in [1.82, 2.24) is 15.5 Å². The van der Waals surface area contributed by atoms with Gasteiger partial charge in [-0.2, -0.15) is 0 Å². The summed E-state index contributed by atoms with van der Waals surface area (Å²) in [6, 6.07) is 13.5. The van der Waals surface area contributed by atoms with Crippen LogP contribution in [0.25, 0.3) is 11.7 Å². The monoisotopic (exact) mass is 343 g/mol. The van der Waals surface area contributed by atoms with Gasteiger partial charge in [-0.15, -0.1) is 10.2 Å². The highest BCUT2D eigenvalue weighted by Gasteiger charge is 2.19. The third-order valence-electron chi connectivity index (χ3n) is 3.34. The van der Waals surface area contributed by atoms with Crippen molar-refractivity contribution in [3.63, 3.8) is 0 Å². The van der Waals surface area contributed by atoms with E-state index >= 15 is 0 Å². The molecule has 0 aliphatic carbocycles. The van der Waals surface area contributed by atoms with Gasteiger partial charge in [0.1, 0.15) is 0 Å². The molecule has 2 heterocycles. The Morgan fingerprint density at radius 1 is 1.21 bits per heavy atom. The van der Waals surface area contributed by atoms with E-state index in [4.69, 9.17) is 8.83 Å². The van der Waals surface area contributed by atoms with Crippen LogP contribution in [0.15, 0.2) is 62.8 Å². The summed E-state index contributed by atoms with van der Waals surface area (Å²) in [5.41, 5.74) is 1.19. The molecule has 0 saturated heterocycles. The van der Waals surface area contributed by atoms with E-state index in [0.29, 0.717) is 23.4 Å². The Morgan fingerprint density at radius 2 is 2.04 bits per heavy atom. The van der Waals surface area contributed by atoms with Crippen molar-refractivity contribution in [1.29, 1.82) is 0 Å². The first-order chi connectivity index (χ1) is 11.7. The fourth-order valence-corrected chi connectivity index (χ4v) is 2.79. The zero-order valence-corrected chi connectivity index (χ0v) is 14.0. The van der Waals surface area contributed by atoms with Crippen molar-refractivity contribution >= 4 is 17.7 Å². The molecule has 7 heteroatoms. The molecular formula is C17H17N3O3S. The van der Waals surface area contributed by atoms with Crippen LogP contribution in [0.4, 0.5) is 0 Å². The molecule has 1 N–H and O–H groups in total. The summed E-state index contributed by atoms with van der Waals surface area (Å²) in [5.74, 6) is 0.752. The molecule has 0 bridgehead atoms. The second-order valence-corrected chi connectivity index (χ2v) is 6.43. The number of benzene rings is 1. The number of carbonyl (C=O) groups excluding carboxylic acids is 1. The topological polar surface area (TPSA) is 81.2 Å². The molecule has 6 nitrogen and oxygen atoms in total. The van der Waals surface area contributed by atoms with E-state index in [9.17, 15) is 4.79 Å². The Morgan fingerprint density at radius 3 is 2.79 bits per heavy atom. The molecule has 3 rings (SSSR count). The number of hydrogen-bond donors (Lipinski definition) is 1. The minimum Gasteiger partial charge on any atom is -0.459 e. The van der Waals surface area contributed by atoms with Crippen LogP contribution in [0, 0.1) is 0 Å². The summed E-state index contributed by atoms with van der Waals surface area (Å²) in [6.45, 7) is 2.40. The molecule has 1 amide bonds. The predicted octanol–water partition coefficient (Wildman–Crippen LogP) is 3.17. The van der Waals surface area contributed by atoms with Gasteiger partial charge in [-0.25, -0.2) is 0 Å². The van der Waals surface area contributed by atoms with Gasteiger partial charge < -0.3 is 14.2 Å². The Bertz CT molecular complexity index is 772. The highest BCUT2D eigenvalue weighted by Crippen LogP contribution is 2.26. The van der Waals surface area contributed by atoms with Gasteiger partial charge in [-0.3, -0.25) is 4.79 Å². The Labute approximate surface area is 143 Å². The molecule has 1 unspecified atom stereocenters. The van der Waals surface area contributed by atoms with E-state index in [2.05, 4.69) is 15.5 Å². The minimum absolute atomic E-state index is 0.0614. The molecule has 2 aromatic heterocycles. The largest absolute Gasteiger partial charge is 0.459 e. The number of furan rings is 1. The average Bonchev–Trinajstić information content (AvgIpc) is 3.27. The molecule has 24 heavy (non-hydrogen) atoms. The number of aromatic nitrogens is 2. The van der Waals surface area contributed by atoms with Gasteiger partial charge >= 0.3 is 0 Å². The number of rotatable bonds is 7. The fourth-order valence-electron chi connectivity index (χ4n) is 2.08. The molecule has 0 fully saturated rings. The minimum atomic E-state index is -0.328. The van der Waals surface area contributed by atoms with E-state index in [0.717, 1.165) is 6.42 Å². The highest BCUT2D eigenvalue weighted by atomic mass is 32.2. The van der Waals surface area contributed by atoms with Crippen LogP contribution < -0.4 is 5.32 Å². The average molecular weight is 343 g/mol. The highest BCUT2D eigenvalue weighted by molar-refractivity contribution is 8.00. The van der Waals surface area contributed by atoms with Crippen LogP contribution in [0.1, 0.15) is 12.5 Å². The first-order valence-electron chi connectivity index (χ1n) is 7.58. The number of thioether (sulfide) groups is 1. The lowest BCUT2D eigenvalue weighted by molar-refractivity contribution is -0.120. The number of nitrogens with one attached hydrogen (secondary N) is 1. The summed E-state index contributed by atoms with van der Waals surface area (Å²) >= 11 is 1.22. The first-order valence-corrected chi connectivity index (χ1v) is 8.46. The van der Waals surface area contributed by atoms with Gasteiger partial charge in [0.15, 0.2) is 5.76 Å². The SMILES string of the molecule is CC(Sc1nnc(-c2ccco2)o1)C(=O)NCCc1ccccc1. The number of carbonyl (C=O) groups is 1. The summed E-state index contributed by atoms with van der Waals surface area (Å²) < 4.78 is 10.7. The maximum Gasteiger partial charge on any atom is 0.284 e. The maximum atomic E-state index is 12.1. The smallest absolute Gasteiger partial charge is 0.284 e. The molecule has 0 aliphatic heterocycles. The predicted molar refractivity (Wildman–Crippen MR) is 90.5 cm³/mol. The lowest BCUT2D eigenvalue weighted by Gasteiger charge is -2.09. The zero-order valence-electron chi connectivity index (χ0n) is 13.1. The quantitative estimate of drug-likeness (QED) is 0.664. The van der Waals surface area contributed by atoms with Crippen LogP contribution in [0.2, 0.25) is 0 Å². The molecule has 124 valence electrons. The third kappa shape index (κ3) is 4.26. The molecule has 0 radical (unpaired) electrons. The Kier molecular flexibility index (Phi) is 5.32. The number of hydrogen-bond acceptors (Lipinski definition) is 6. The maximum absolute atomic E-state index is 12.1. The lowest BCUT2D eigenvalue weighted by Crippen LogP contribution is -2.32. The van der Waals surface area contributed by atoms with E-state index in [1.807, 2.05) is 30.3 Å². The molecule has 0 spiro atoms. The summed E-state index contributed by atoms with van der Waals surface area (Å²) in [4.78, 5) is 12.1. The first kappa shape index (κ1) is 16.3. The number of amides is 1. The summed E-state index contributed by atoms with van der Waals surface area (Å²) in [6.07, 6.45) is 2.34. The molecule has 0 aliphatic rings. The van der Waals surface area contributed by atoms with Crippen molar-refractivity contribution < 1.29 is 13.6 Å². The summed E-state index contributed by atoms with van der Waals surface area (Å²) in [7, 11) is 0. The standard InChI is InChI=1S/C17H17N3O3S/c1-12(15(21)18-10-9-13-6-3-2-4-7-13)24-17-20-19-16(23-17)14-8-5-11-22-14/h2-8,11-12H,9-10H2,1H3,(H,18,21). The second kappa shape index (κ2) is 7.83. The van der Waals surface area contributed by atoms with E-state index in [-0.39, 0.29) is 11.2 Å². The molecule has 1 aromatic carbocycles. The van der Waals surface area contributed by atoms with Gasteiger partial charge in [-0.05, 0) is 31.0 Å². The van der Waals surface area contributed by atoms with Gasteiger partial charge in [0.05, 0.1) is 11.5 Å². The zero-order chi connectivity index (χ0) is 16.8. The second-order valence-electron chi connectivity index (χ2n) is 5.14. The van der Waals surface area contributed by atoms with Crippen LogP contribution in [-0.2, 0) is 11.2 Å². The van der Waals surface area contributed by atoms with Crippen LogP contribution in [0.3, 0.4) is 0 Å². The van der Waals surface area contributed by atoms with Crippen molar-refractivity contribution in [3.8, 4) is 11.7 Å². The molecule has 0 saturated carbocycles. The van der Waals surface area contributed by atoms with E-state index in [1.54, 1.807) is 19.1 Å². The fraction of sp³-hybridized carbons (Fsp3) is 0.235. The lowest BCUT2D eigenvalue weighted by atomic mass is 10.1. The van der Waals surface area contributed by atoms with Crippen LogP contribution in [-0.4, -0.2) is 27.9 Å². The molecule has 1 atom stereocenters. The Hall–Kier alpha value is -2.54. The van der Waals surface area contributed by atoms with Crippen molar-refractivity contribution in [2.75, 3.05) is 6.54 Å². The third-order valence-corrected chi connectivity index (χ3v) is 4.28. The van der Waals surface area contributed by atoms with E-state index in [1.165, 1.54) is 23.6 Å². The van der Waals surface area contributed by atoms with Crippen LogP contribution in [0.5, 0.6) is 0 Å². The van der Waals surface area contributed by atoms with Crippen molar-refractivity contribution in [2.45, 2.75) is 23.8 Å². The van der Waals surface area contributed by atoms with Gasteiger partial charge in [-0.1, -0.05) is 42.1 Å². The van der Waals surface area contributed by atoms with Gasteiger partial charge in [0.25, 0.3) is 11.1 Å². The Balaban J connectivity index is 1.47. The van der Waals surface area contributed by atoms with Crippen molar-refractivity contribution in [2.24, 2.45) is 0 Å². The molecular weight excluding hydrogens is 326 g/mol. The number of nitrogens with zero attached hydrogens (tertiary/aromatic N) is 2. The summed E-state index contributed by atoms with van der Waals surface area (Å²) in [5, 5.41) is 10.8. The normalized spacial score (nSPS) is 12.0. The van der Waals surface area contributed by atoms with Gasteiger partial charge in [0, 0.05) is 6.54 Å². The van der Waals surface area contributed by atoms with Gasteiger partial charge in [0.2, 0.25) is 5.91 Å². The van der Waals surface area contributed by atoms with Crippen LogP contribution >= 0.6 is 11.8 Å². The van der Waals surface area contributed by atoms with Crippen molar-refractivity contribution in [3.05, 3.63) is 54.3 Å². The van der Waals surface area contributed by atoms with E-state index < -0.39 is 0 Å².